The fourth-order valence-corrected chi connectivity index (χ4v) is 3.36. The number of hydrogen-bond donors (Lipinski definition) is 2. The van der Waals surface area contributed by atoms with Crippen LogP contribution >= 0.6 is 23.2 Å². The zero-order chi connectivity index (χ0) is 26.9. The molecular weight excluding hydrogens is 531 g/mol. The average Bonchev–Trinajstić information content (AvgIpc) is 2.86. The van der Waals surface area contributed by atoms with E-state index >= 15 is 0 Å². The molecule has 0 spiro atoms. The molecule has 1 aromatic heterocycles. The molecule has 0 saturated heterocycles. The van der Waals surface area contributed by atoms with Gasteiger partial charge in [0, 0.05) is 12.3 Å². The highest BCUT2D eigenvalue weighted by Gasteiger charge is 2.24. The molecule has 0 atom stereocenters. The Morgan fingerprint density at radius 3 is 2.35 bits per heavy atom. The van der Waals surface area contributed by atoms with Crippen molar-refractivity contribution in [1.29, 1.82) is 0 Å². The van der Waals surface area contributed by atoms with Crippen molar-refractivity contribution in [3.63, 3.8) is 0 Å². The molecule has 37 heavy (non-hydrogen) atoms. The van der Waals surface area contributed by atoms with Crippen LogP contribution in [0.25, 0.3) is 0 Å². The Kier molecular flexibility index (Phi) is 9.53. The lowest BCUT2D eigenvalue weighted by molar-refractivity contribution is -0.138. The molecule has 0 radical (unpaired) electrons. The number of anilines is 2. The Morgan fingerprint density at radius 1 is 0.973 bits per heavy atom. The first-order valence-electron chi connectivity index (χ1n) is 10.7. The maximum Gasteiger partial charge on any atom is 0.412 e. The van der Waals surface area contributed by atoms with E-state index in [9.17, 15) is 23.2 Å². The minimum Gasteiger partial charge on any atom is -0.462 e. The van der Waals surface area contributed by atoms with Gasteiger partial charge >= 0.3 is 12.1 Å². The van der Waals surface area contributed by atoms with Crippen molar-refractivity contribution in [2.75, 3.05) is 17.2 Å². The molecule has 0 aliphatic heterocycles. The molecule has 1 amide bonds. The van der Waals surface area contributed by atoms with Gasteiger partial charge in [0.25, 0.3) is 0 Å². The monoisotopic (exact) mass is 549 g/mol. The van der Waals surface area contributed by atoms with Crippen LogP contribution in [0.15, 0.2) is 66.4 Å². The quantitative estimate of drug-likeness (QED) is 0.0821. The highest BCUT2D eigenvalue weighted by atomic mass is 35.5. The molecule has 0 bridgehead atoms. The van der Waals surface area contributed by atoms with Gasteiger partial charge in [-0.15, -0.1) is 0 Å². The first-order valence-corrected chi connectivity index (χ1v) is 11.4. The predicted molar refractivity (Wildman–Crippen MR) is 134 cm³/mol. The second-order valence-corrected chi connectivity index (χ2v) is 7.97. The number of aromatic nitrogens is 1. The van der Waals surface area contributed by atoms with Crippen molar-refractivity contribution in [1.82, 2.24) is 4.98 Å². The number of nitrogens with one attached hydrogen (secondary N) is 2. The maximum absolute atomic E-state index is 14.4. The Labute approximate surface area is 220 Å². The normalized spacial score (nSPS) is 11.0. The zero-order valence-corrected chi connectivity index (χ0v) is 20.7. The third-order valence-electron chi connectivity index (χ3n) is 4.68. The fourth-order valence-electron chi connectivity index (χ4n) is 2.93. The lowest BCUT2D eigenvalue weighted by Gasteiger charge is -2.12. The van der Waals surface area contributed by atoms with Gasteiger partial charge in [-0.1, -0.05) is 53.5 Å². The summed E-state index contributed by atoms with van der Waals surface area (Å²) in [5, 5.41) is 4.37. The van der Waals surface area contributed by atoms with Crippen molar-refractivity contribution in [2.24, 2.45) is 0 Å². The fraction of sp³-hybridized carbons (Fsp3) is 0.120. The number of esters is 1. The van der Waals surface area contributed by atoms with Gasteiger partial charge in [-0.3, -0.25) is 10.1 Å². The number of ether oxygens (including phenoxy) is 2. The minimum atomic E-state index is -1.08. The summed E-state index contributed by atoms with van der Waals surface area (Å²) in [6, 6.07) is 12.8. The largest absolute Gasteiger partial charge is 0.462 e. The number of halogens is 4. The number of nitrogens with zero attached hydrogens (tertiary/aromatic N) is 1. The van der Waals surface area contributed by atoms with Gasteiger partial charge in [0.2, 0.25) is 5.78 Å². The van der Waals surface area contributed by atoms with Crippen LogP contribution in [0.1, 0.15) is 22.8 Å². The van der Waals surface area contributed by atoms with Gasteiger partial charge in [0.1, 0.15) is 34.1 Å². The summed E-state index contributed by atoms with van der Waals surface area (Å²) < 4.78 is 38.7. The van der Waals surface area contributed by atoms with E-state index in [1.807, 2.05) is 0 Å². The van der Waals surface area contributed by atoms with Gasteiger partial charge in [0.15, 0.2) is 0 Å². The molecule has 3 rings (SSSR count). The molecule has 0 unspecified atom stereocenters. The van der Waals surface area contributed by atoms with Gasteiger partial charge < -0.3 is 14.8 Å². The van der Waals surface area contributed by atoms with Crippen molar-refractivity contribution in [2.45, 2.75) is 13.5 Å². The summed E-state index contributed by atoms with van der Waals surface area (Å²) in [6.45, 7) is 1.40. The number of amides is 1. The van der Waals surface area contributed by atoms with Crippen molar-refractivity contribution in [3.05, 3.63) is 99.4 Å². The van der Waals surface area contributed by atoms with Gasteiger partial charge in [0.05, 0.1) is 23.5 Å². The van der Waals surface area contributed by atoms with Crippen LogP contribution in [-0.2, 0) is 20.9 Å². The van der Waals surface area contributed by atoms with E-state index in [0.29, 0.717) is 11.6 Å². The number of rotatable bonds is 9. The highest BCUT2D eigenvalue weighted by Crippen LogP contribution is 2.25. The van der Waals surface area contributed by atoms with Crippen LogP contribution < -0.4 is 10.6 Å². The van der Waals surface area contributed by atoms with E-state index in [4.69, 9.17) is 32.7 Å². The molecule has 3 aromatic rings. The number of hydrogen-bond acceptors (Lipinski definition) is 7. The molecule has 0 aliphatic carbocycles. The zero-order valence-electron chi connectivity index (χ0n) is 19.2. The van der Waals surface area contributed by atoms with Crippen LogP contribution in [0.5, 0.6) is 0 Å². The predicted octanol–water partition coefficient (Wildman–Crippen LogP) is 6.16. The summed E-state index contributed by atoms with van der Waals surface area (Å²) in [7, 11) is 0. The number of carbonyl (C=O) groups excluding carboxylic acids is 3. The summed E-state index contributed by atoms with van der Waals surface area (Å²) in [5.74, 6) is -4.06. The van der Waals surface area contributed by atoms with E-state index < -0.39 is 40.7 Å². The van der Waals surface area contributed by atoms with Crippen LogP contribution in [-0.4, -0.2) is 29.4 Å². The lowest BCUT2D eigenvalue weighted by Crippen LogP contribution is -2.18. The summed E-state index contributed by atoms with van der Waals surface area (Å²) >= 11 is 11.7. The molecule has 0 fully saturated rings. The topological polar surface area (TPSA) is 107 Å². The van der Waals surface area contributed by atoms with E-state index in [1.165, 1.54) is 19.1 Å². The number of benzene rings is 2. The Balaban J connectivity index is 1.82. The Bertz CT molecular complexity index is 1350. The van der Waals surface area contributed by atoms with E-state index in [0.717, 1.165) is 12.3 Å². The van der Waals surface area contributed by atoms with Gasteiger partial charge in [-0.2, -0.15) is 0 Å². The third-order valence-corrected chi connectivity index (χ3v) is 5.18. The smallest absolute Gasteiger partial charge is 0.412 e. The average molecular weight is 550 g/mol. The SMILES string of the molecule is CCOC(=O)C(=CNc1cc(NC(=O)OCc2ccccc2)c(F)cc1F)C(=O)c1ccc(Cl)nc1Cl. The van der Waals surface area contributed by atoms with Gasteiger partial charge in [-0.25, -0.2) is 23.4 Å². The second kappa shape index (κ2) is 12.8. The standard InChI is InChI=1S/C25H19Cl2F2N3O5/c1-2-36-24(34)16(22(33)15-8-9-21(26)32-23(15)27)12-30-19-11-20(18(29)10-17(19)28)31-25(35)37-13-14-6-4-3-5-7-14/h3-12,30H,2,13H2,1H3,(H,31,35). The maximum atomic E-state index is 14.4. The number of pyridine rings is 1. The molecule has 2 N–H and O–H groups in total. The molecule has 2 aromatic carbocycles. The molecule has 192 valence electrons. The number of ketones is 1. The van der Waals surface area contributed by atoms with Gasteiger partial charge in [-0.05, 0) is 30.7 Å². The first kappa shape index (κ1) is 27.6. The van der Waals surface area contributed by atoms with Crippen molar-refractivity contribution < 1.29 is 32.6 Å². The van der Waals surface area contributed by atoms with E-state index in [1.54, 1.807) is 30.3 Å². The molecule has 0 aliphatic rings. The molecule has 8 nitrogen and oxygen atoms in total. The lowest BCUT2D eigenvalue weighted by atomic mass is 10.1. The Morgan fingerprint density at radius 2 is 1.68 bits per heavy atom. The highest BCUT2D eigenvalue weighted by molar-refractivity contribution is 6.37. The van der Waals surface area contributed by atoms with E-state index in [2.05, 4.69) is 15.6 Å². The molecule has 0 saturated carbocycles. The van der Waals surface area contributed by atoms with Crippen LogP contribution in [0.4, 0.5) is 25.0 Å². The first-order chi connectivity index (χ1) is 17.7. The second-order valence-electron chi connectivity index (χ2n) is 7.22. The molecule has 1 heterocycles. The van der Waals surface area contributed by atoms with Crippen LogP contribution in [0, 0.1) is 11.6 Å². The Hall–Kier alpha value is -4.02. The minimum absolute atomic E-state index is 0.0250. The molecular formula is C25H19Cl2F2N3O5. The molecule has 12 heteroatoms. The summed E-state index contributed by atoms with van der Waals surface area (Å²) in [5.41, 5.74) is -0.778. The summed E-state index contributed by atoms with van der Waals surface area (Å²) in [6.07, 6.45) is -0.109. The number of Topliss-reactive ketones (excluding diaryl/α,β-unsaturated/α-hetero) is 1. The van der Waals surface area contributed by atoms with Crippen LogP contribution in [0.2, 0.25) is 10.3 Å². The third kappa shape index (κ3) is 7.48. The summed E-state index contributed by atoms with van der Waals surface area (Å²) in [4.78, 5) is 41.2. The van der Waals surface area contributed by atoms with Crippen molar-refractivity contribution >= 4 is 52.4 Å². The van der Waals surface area contributed by atoms with Crippen molar-refractivity contribution in [3.8, 4) is 0 Å². The van der Waals surface area contributed by atoms with Crippen LogP contribution in [0.3, 0.4) is 0 Å². The number of carbonyl (C=O) groups is 3. The van der Waals surface area contributed by atoms with E-state index in [-0.39, 0.29) is 34.8 Å².